The monoisotopic (exact) mass is 527 g/mol. The molecule has 1 aromatic heterocycles. The zero-order valence-corrected chi connectivity index (χ0v) is 21.4. The third-order valence-electron chi connectivity index (χ3n) is 5.88. The van der Waals surface area contributed by atoms with Crippen molar-refractivity contribution in [2.24, 2.45) is 0 Å². The van der Waals surface area contributed by atoms with E-state index < -0.39 is 0 Å². The zero-order chi connectivity index (χ0) is 20.2. The SMILES string of the molecule is CCOC(=O)c1ccc(N2CCN([C@@H]3CN[C@H](C(=O)N4CCSC4)C3)CC2)nc1.Cl.Cl.Cl. The number of amides is 1. The van der Waals surface area contributed by atoms with Gasteiger partial charge in [-0.15, -0.1) is 49.0 Å². The van der Waals surface area contributed by atoms with Gasteiger partial charge in [-0.3, -0.25) is 9.69 Å². The van der Waals surface area contributed by atoms with Crippen LogP contribution in [0.2, 0.25) is 0 Å². The van der Waals surface area contributed by atoms with Crippen molar-refractivity contribution in [3.05, 3.63) is 23.9 Å². The van der Waals surface area contributed by atoms with Gasteiger partial charge in [0, 0.05) is 57.3 Å². The van der Waals surface area contributed by atoms with Crippen LogP contribution in [0, 0.1) is 0 Å². The molecule has 3 fully saturated rings. The lowest BCUT2D eigenvalue weighted by atomic mass is 10.1. The Bertz CT molecular complexity index is 732. The number of pyridine rings is 1. The van der Waals surface area contributed by atoms with E-state index in [1.165, 1.54) is 0 Å². The Kier molecular flexibility index (Phi) is 12.4. The van der Waals surface area contributed by atoms with Crippen molar-refractivity contribution in [3.63, 3.8) is 0 Å². The van der Waals surface area contributed by atoms with Gasteiger partial charge >= 0.3 is 5.97 Å². The van der Waals surface area contributed by atoms with E-state index in [1.807, 2.05) is 22.7 Å². The number of halogens is 3. The van der Waals surface area contributed by atoms with E-state index in [9.17, 15) is 9.59 Å². The second-order valence-electron chi connectivity index (χ2n) is 7.64. The van der Waals surface area contributed by atoms with Crippen LogP contribution in [0.4, 0.5) is 5.82 Å². The number of esters is 1. The summed E-state index contributed by atoms with van der Waals surface area (Å²) in [6.07, 6.45) is 2.49. The average Bonchev–Trinajstić information content (AvgIpc) is 3.46. The maximum absolute atomic E-state index is 12.6. The quantitative estimate of drug-likeness (QED) is 0.581. The first-order chi connectivity index (χ1) is 14.2. The van der Waals surface area contributed by atoms with E-state index in [2.05, 4.69) is 20.1 Å². The first-order valence-corrected chi connectivity index (χ1v) is 11.5. The molecular formula is C20H32Cl3N5O3S. The number of piperazine rings is 1. The molecule has 0 unspecified atom stereocenters. The Labute approximate surface area is 212 Å². The summed E-state index contributed by atoms with van der Waals surface area (Å²) in [7, 11) is 0. The fraction of sp³-hybridized carbons (Fsp3) is 0.650. The van der Waals surface area contributed by atoms with Gasteiger partial charge in [0.05, 0.1) is 24.1 Å². The fourth-order valence-electron chi connectivity index (χ4n) is 4.22. The number of rotatable bonds is 5. The topological polar surface area (TPSA) is 78.0 Å². The summed E-state index contributed by atoms with van der Waals surface area (Å²) in [5, 5.41) is 3.44. The molecule has 12 heteroatoms. The Hall–Kier alpha value is -0.970. The van der Waals surface area contributed by atoms with Gasteiger partial charge in [-0.2, -0.15) is 0 Å². The summed E-state index contributed by atoms with van der Waals surface area (Å²) in [5.41, 5.74) is 0.485. The molecular weight excluding hydrogens is 497 g/mol. The second kappa shape index (κ2) is 13.7. The Morgan fingerprint density at radius 3 is 2.50 bits per heavy atom. The number of anilines is 1. The highest BCUT2D eigenvalue weighted by molar-refractivity contribution is 7.99. The standard InChI is InChI=1S/C20H29N5O3S.3ClH/c1-2-28-20(27)15-3-4-18(22-12-15)24-7-5-23(6-8-24)16-11-17(21-13-16)19(26)25-9-10-29-14-25;;;/h3-4,12,16-17,21H,2,5-11,13-14H2,1H3;3*1H/t16-,17-;;;/m0.../s1. The minimum absolute atomic E-state index is 0. The fourth-order valence-corrected chi connectivity index (χ4v) is 5.17. The molecule has 2 atom stereocenters. The minimum Gasteiger partial charge on any atom is -0.462 e. The highest BCUT2D eigenvalue weighted by Gasteiger charge is 2.36. The molecule has 3 aliphatic rings. The van der Waals surface area contributed by atoms with Crippen LogP contribution in [0.5, 0.6) is 0 Å². The number of nitrogens with one attached hydrogen (secondary N) is 1. The van der Waals surface area contributed by atoms with E-state index in [0.29, 0.717) is 18.2 Å². The lowest BCUT2D eigenvalue weighted by Gasteiger charge is -2.38. The smallest absolute Gasteiger partial charge is 0.339 e. The maximum atomic E-state index is 12.6. The highest BCUT2D eigenvalue weighted by atomic mass is 35.5. The molecule has 1 aromatic rings. The molecule has 0 radical (unpaired) electrons. The van der Waals surface area contributed by atoms with Crippen LogP contribution in [0.15, 0.2) is 18.3 Å². The van der Waals surface area contributed by atoms with Crippen LogP contribution in [0.1, 0.15) is 23.7 Å². The van der Waals surface area contributed by atoms with Crippen molar-refractivity contribution in [2.45, 2.75) is 25.4 Å². The van der Waals surface area contributed by atoms with E-state index >= 15 is 0 Å². The Morgan fingerprint density at radius 1 is 1.16 bits per heavy atom. The van der Waals surface area contributed by atoms with E-state index in [1.54, 1.807) is 19.2 Å². The van der Waals surface area contributed by atoms with Gasteiger partial charge in [0.15, 0.2) is 0 Å². The van der Waals surface area contributed by atoms with Crippen molar-refractivity contribution in [1.82, 2.24) is 20.1 Å². The van der Waals surface area contributed by atoms with E-state index in [0.717, 1.165) is 63.1 Å². The predicted molar refractivity (Wildman–Crippen MR) is 135 cm³/mol. The number of carbonyl (C=O) groups excluding carboxylic acids is 2. The van der Waals surface area contributed by atoms with Crippen molar-refractivity contribution < 1.29 is 14.3 Å². The van der Waals surface area contributed by atoms with E-state index in [4.69, 9.17) is 4.74 Å². The van der Waals surface area contributed by atoms with E-state index in [-0.39, 0.29) is 55.1 Å². The molecule has 0 spiro atoms. The normalized spacial score (nSPS) is 23.0. The molecule has 8 nitrogen and oxygen atoms in total. The van der Waals surface area contributed by atoms with Crippen molar-refractivity contribution in [3.8, 4) is 0 Å². The van der Waals surface area contributed by atoms with Crippen LogP contribution in [0.3, 0.4) is 0 Å². The predicted octanol–water partition coefficient (Wildman–Crippen LogP) is 1.91. The first-order valence-electron chi connectivity index (χ1n) is 10.4. The molecule has 3 saturated heterocycles. The molecule has 32 heavy (non-hydrogen) atoms. The molecule has 1 N–H and O–H groups in total. The van der Waals surface area contributed by atoms with Gasteiger partial charge in [0.2, 0.25) is 5.91 Å². The molecule has 182 valence electrons. The van der Waals surface area contributed by atoms with Crippen LogP contribution in [-0.2, 0) is 9.53 Å². The third kappa shape index (κ3) is 6.77. The Morgan fingerprint density at radius 2 is 1.91 bits per heavy atom. The number of thioether (sulfide) groups is 1. The summed E-state index contributed by atoms with van der Waals surface area (Å²) in [5.74, 6) is 2.71. The van der Waals surface area contributed by atoms with Crippen LogP contribution >= 0.6 is 49.0 Å². The molecule has 0 saturated carbocycles. The summed E-state index contributed by atoms with van der Waals surface area (Å²) in [4.78, 5) is 35.5. The molecule has 1 amide bonds. The van der Waals surface area contributed by atoms with Crippen LogP contribution < -0.4 is 10.2 Å². The average molecular weight is 529 g/mol. The Balaban J connectivity index is 0.00000171. The number of hydrogen-bond acceptors (Lipinski definition) is 8. The van der Waals surface area contributed by atoms with Gasteiger partial charge < -0.3 is 19.9 Å². The van der Waals surface area contributed by atoms with Gasteiger partial charge in [0.1, 0.15) is 5.82 Å². The molecule has 4 rings (SSSR count). The van der Waals surface area contributed by atoms with Crippen LogP contribution in [0.25, 0.3) is 0 Å². The number of hydrogen-bond donors (Lipinski definition) is 1. The zero-order valence-electron chi connectivity index (χ0n) is 18.1. The maximum Gasteiger partial charge on any atom is 0.339 e. The number of ether oxygens (including phenoxy) is 1. The summed E-state index contributed by atoms with van der Waals surface area (Å²) >= 11 is 1.83. The number of carbonyl (C=O) groups is 2. The first kappa shape index (κ1) is 29.1. The van der Waals surface area contributed by atoms with Gasteiger partial charge in [0.25, 0.3) is 0 Å². The van der Waals surface area contributed by atoms with Crippen molar-refractivity contribution >= 4 is 66.7 Å². The van der Waals surface area contributed by atoms with Crippen molar-refractivity contribution in [2.75, 3.05) is 62.4 Å². The molecule has 4 heterocycles. The lowest BCUT2D eigenvalue weighted by molar-refractivity contribution is -0.131. The lowest BCUT2D eigenvalue weighted by Crippen LogP contribution is -2.51. The summed E-state index contributed by atoms with van der Waals surface area (Å²) in [6, 6.07) is 4.05. The largest absolute Gasteiger partial charge is 0.462 e. The van der Waals surface area contributed by atoms with Crippen molar-refractivity contribution in [1.29, 1.82) is 0 Å². The third-order valence-corrected chi connectivity index (χ3v) is 6.85. The summed E-state index contributed by atoms with van der Waals surface area (Å²) < 4.78 is 5.01. The molecule has 0 bridgehead atoms. The minimum atomic E-state index is -0.332. The second-order valence-corrected chi connectivity index (χ2v) is 8.71. The highest BCUT2D eigenvalue weighted by Crippen LogP contribution is 2.22. The summed E-state index contributed by atoms with van der Waals surface area (Å²) in [6.45, 7) is 7.61. The van der Waals surface area contributed by atoms with Crippen LogP contribution in [-0.4, -0.2) is 96.2 Å². The number of nitrogens with zero attached hydrogens (tertiary/aromatic N) is 4. The van der Waals surface area contributed by atoms with Gasteiger partial charge in [-0.25, -0.2) is 9.78 Å². The number of aromatic nitrogens is 1. The van der Waals surface area contributed by atoms with Gasteiger partial charge in [-0.1, -0.05) is 0 Å². The van der Waals surface area contributed by atoms with Gasteiger partial charge in [-0.05, 0) is 25.5 Å². The molecule has 0 aliphatic carbocycles. The molecule has 0 aromatic carbocycles. The molecule has 3 aliphatic heterocycles.